The first-order valence-electron chi connectivity index (χ1n) is 7.37. The van der Waals surface area contributed by atoms with Crippen molar-refractivity contribution in [2.24, 2.45) is 0 Å². The number of aliphatic hydroxyl groups is 1. The molecule has 0 aromatic carbocycles. The van der Waals surface area contributed by atoms with Gasteiger partial charge in [0.25, 0.3) is 0 Å². The van der Waals surface area contributed by atoms with Crippen LogP contribution in [0.4, 0.5) is 5.69 Å². The molecule has 3 aromatic rings. The average molecular weight is 347 g/mol. The van der Waals surface area contributed by atoms with E-state index in [0.29, 0.717) is 6.54 Å². The average Bonchev–Trinajstić information content (AvgIpc) is 3.31. The van der Waals surface area contributed by atoms with Crippen LogP contribution in [0.3, 0.4) is 0 Å². The van der Waals surface area contributed by atoms with Crippen LogP contribution >= 0.6 is 11.3 Å². The quantitative estimate of drug-likeness (QED) is 0.568. The Balaban J connectivity index is 1.51. The molecule has 0 saturated carbocycles. The smallest absolute Gasteiger partial charge is 0.241 e. The Morgan fingerprint density at radius 2 is 2.38 bits per heavy atom. The van der Waals surface area contributed by atoms with Crippen LogP contribution in [0.2, 0.25) is 0 Å². The number of furan rings is 1. The van der Waals surface area contributed by atoms with E-state index in [4.69, 9.17) is 9.52 Å². The van der Waals surface area contributed by atoms with Crippen LogP contribution in [-0.4, -0.2) is 38.9 Å². The van der Waals surface area contributed by atoms with Gasteiger partial charge in [-0.05, 0) is 12.1 Å². The number of carbonyl (C=O) groups excluding carboxylic acids is 1. The van der Waals surface area contributed by atoms with Gasteiger partial charge in [-0.1, -0.05) is 0 Å². The molecule has 0 bridgehead atoms. The Morgan fingerprint density at radius 1 is 1.46 bits per heavy atom. The first-order chi connectivity index (χ1) is 11.7. The summed E-state index contributed by atoms with van der Waals surface area (Å²) in [5.74, 6) is 0.564. The Kier molecular flexibility index (Phi) is 5.24. The van der Waals surface area contributed by atoms with Crippen LogP contribution in [-0.2, 0) is 17.9 Å². The molecule has 0 spiro atoms. The largest absolute Gasteiger partial charge is 0.462 e. The van der Waals surface area contributed by atoms with E-state index in [1.807, 2.05) is 17.5 Å². The molecule has 0 atom stereocenters. The van der Waals surface area contributed by atoms with Crippen LogP contribution in [0.25, 0.3) is 10.8 Å². The molecule has 3 rings (SSSR count). The zero-order valence-electron chi connectivity index (χ0n) is 12.8. The number of anilines is 1. The van der Waals surface area contributed by atoms with Crippen LogP contribution in [0.15, 0.2) is 40.6 Å². The standard InChI is InChI=1S/C15H17N5O3S/c21-4-3-16-14(22)9-20-8-11(7-18-20)17-6-12-10-24-15(19-12)13-2-1-5-23-13/h1-2,5,7-8,10,17,21H,3-4,6,9H2,(H,16,22). The van der Waals surface area contributed by atoms with E-state index in [1.54, 1.807) is 18.7 Å². The molecule has 9 heteroatoms. The first kappa shape index (κ1) is 16.2. The lowest BCUT2D eigenvalue weighted by atomic mass is 10.4. The molecule has 0 saturated heterocycles. The number of aromatic nitrogens is 3. The molecular formula is C15H17N5O3S. The summed E-state index contributed by atoms with van der Waals surface area (Å²) in [6.07, 6.45) is 5.03. The Labute approximate surface area is 142 Å². The van der Waals surface area contributed by atoms with Crippen molar-refractivity contribution in [1.82, 2.24) is 20.1 Å². The molecular weight excluding hydrogens is 330 g/mol. The van der Waals surface area contributed by atoms with Crippen molar-refractivity contribution in [2.45, 2.75) is 13.1 Å². The van der Waals surface area contributed by atoms with Crippen LogP contribution in [0.1, 0.15) is 5.69 Å². The number of carbonyl (C=O) groups is 1. The predicted molar refractivity (Wildman–Crippen MR) is 89.5 cm³/mol. The molecule has 1 amide bonds. The van der Waals surface area contributed by atoms with Gasteiger partial charge in [-0.15, -0.1) is 11.3 Å². The van der Waals surface area contributed by atoms with Crippen molar-refractivity contribution in [3.05, 3.63) is 41.9 Å². The maximum atomic E-state index is 11.6. The monoisotopic (exact) mass is 347 g/mol. The molecule has 0 radical (unpaired) electrons. The fraction of sp³-hybridized carbons (Fsp3) is 0.267. The molecule has 24 heavy (non-hydrogen) atoms. The topological polar surface area (TPSA) is 105 Å². The van der Waals surface area contributed by atoms with Gasteiger partial charge in [0.15, 0.2) is 10.8 Å². The van der Waals surface area contributed by atoms with Gasteiger partial charge in [0.1, 0.15) is 6.54 Å². The minimum atomic E-state index is -0.193. The van der Waals surface area contributed by atoms with Crippen LogP contribution in [0.5, 0.6) is 0 Å². The third-order valence-corrected chi connectivity index (χ3v) is 4.04. The molecule has 0 aliphatic carbocycles. The fourth-order valence-electron chi connectivity index (χ4n) is 2.03. The number of aliphatic hydroxyl groups excluding tert-OH is 1. The normalized spacial score (nSPS) is 10.7. The van der Waals surface area contributed by atoms with Gasteiger partial charge in [0, 0.05) is 18.1 Å². The van der Waals surface area contributed by atoms with E-state index < -0.39 is 0 Å². The molecule has 3 N–H and O–H groups in total. The van der Waals surface area contributed by atoms with Gasteiger partial charge in [-0.3, -0.25) is 9.48 Å². The highest BCUT2D eigenvalue weighted by Gasteiger charge is 2.08. The molecule has 3 aromatic heterocycles. The molecule has 126 valence electrons. The van der Waals surface area contributed by atoms with E-state index >= 15 is 0 Å². The predicted octanol–water partition coefficient (Wildman–Crippen LogP) is 1.32. The van der Waals surface area contributed by atoms with Crippen LogP contribution < -0.4 is 10.6 Å². The van der Waals surface area contributed by atoms with Gasteiger partial charge in [0.05, 0.1) is 37.0 Å². The summed E-state index contributed by atoms with van der Waals surface area (Å²) in [6.45, 7) is 0.832. The fourth-order valence-corrected chi connectivity index (χ4v) is 2.82. The van der Waals surface area contributed by atoms with Crippen molar-refractivity contribution in [2.75, 3.05) is 18.5 Å². The second-order valence-corrected chi connectivity index (χ2v) is 5.83. The number of amides is 1. The zero-order chi connectivity index (χ0) is 16.8. The lowest BCUT2D eigenvalue weighted by Crippen LogP contribution is -2.30. The van der Waals surface area contributed by atoms with E-state index in [9.17, 15) is 4.79 Å². The van der Waals surface area contributed by atoms with E-state index in [-0.39, 0.29) is 25.6 Å². The summed E-state index contributed by atoms with van der Waals surface area (Å²) in [5, 5.41) is 21.4. The Bertz CT molecular complexity index is 781. The molecule has 0 aliphatic rings. The van der Waals surface area contributed by atoms with Gasteiger partial charge >= 0.3 is 0 Å². The van der Waals surface area contributed by atoms with Gasteiger partial charge in [0.2, 0.25) is 5.91 Å². The number of hydrogen-bond acceptors (Lipinski definition) is 7. The van der Waals surface area contributed by atoms with E-state index in [1.165, 1.54) is 16.0 Å². The summed E-state index contributed by atoms with van der Waals surface area (Å²) in [4.78, 5) is 16.1. The van der Waals surface area contributed by atoms with E-state index in [2.05, 4.69) is 20.7 Å². The maximum Gasteiger partial charge on any atom is 0.241 e. The first-order valence-corrected chi connectivity index (χ1v) is 8.25. The highest BCUT2D eigenvalue weighted by molar-refractivity contribution is 7.13. The number of hydrogen-bond donors (Lipinski definition) is 3. The minimum Gasteiger partial charge on any atom is -0.462 e. The molecule has 8 nitrogen and oxygen atoms in total. The van der Waals surface area contributed by atoms with Gasteiger partial charge < -0.3 is 20.2 Å². The second-order valence-electron chi connectivity index (χ2n) is 4.98. The summed E-state index contributed by atoms with van der Waals surface area (Å²) < 4.78 is 6.86. The zero-order valence-corrected chi connectivity index (χ0v) is 13.6. The van der Waals surface area contributed by atoms with Crippen molar-refractivity contribution < 1.29 is 14.3 Å². The van der Waals surface area contributed by atoms with Gasteiger partial charge in [-0.25, -0.2) is 4.98 Å². The SMILES string of the molecule is O=C(Cn1cc(NCc2csc(-c3ccco3)n2)cn1)NCCO. The lowest BCUT2D eigenvalue weighted by molar-refractivity contribution is -0.122. The molecule has 0 unspecified atom stereocenters. The minimum absolute atomic E-state index is 0.0781. The highest BCUT2D eigenvalue weighted by Crippen LogP contribution is 2.24. The number of nitrogens with zero attached hydrogens (tertiary/aromatic N) is 3. The third kappa shape index (κ3) is 4.21. The molecule has 3 heterocycles. The summed E-state index contributed by atoms with van der Waals surface area (Å²) in [5.41, 5.74) is 1.71. The maximum absolute atomic E-state index is 11.6. The van der Waals surface area contributed by atoms with Crippen molar-refractivity contribution in [1.29, 1.82) is 0 Å². The van der Waals surface area contributed by atoms with Crippen molar-refractivity contribution in [3.8, 4) is 10.8 Å². The summed E-state index contributed by atoms with van der Waals surface area (Å²) in [6, 6.07) is 3.71. The van der Waals surface area contributed by atoms with Gasteiger partial charge in [-0.2, -0.15) is 5.10 Å². The van der Waals surface area contributed by atoms with Crippen LogP contribution in [0, 0.1) is 0 Å². The Hall–Kier alpha value is -2.65. The Morgan fingerprint density at radius 3 is 3.17 bits per heavy atom. The molecule has 0 fully saturated rings. The number of rotatable bonds is 8. The van der Waals surface area contributed by atoms with Crippen molar-refractivity contribution >= 4 is 22.9 Å². The number of thiazole rings is 1. The number of nitrogens with one attached hydrogen (secondary N) is 2. The highest BCUT2D eigenvalue weighted by atomic mass is 32.1. The molecule has 0 aliphatic heterocycles. The van der Waals surface area contributed by atoms with Crippen molar-refractivity contribution in [3.63, 3.8) is 0 Å². The summed E-state index contributed by atoms with van der Waals surface area (Å²) in [7, 11) is 0. The van der Waals surface area contributed by atoms with E-state index in [0.717, 1.165) is 22.1 Å². The third-order valence-electron chi connectivity index (χ3n) is 3.13. The lowest BCUT2D eigenvalue weighted by Gasteiger charge is -2.03. The summed E-state index contributed by atoms with van der Waals surface area (Å²) >= 11 is 1.52. The second kappa shape index (κ2) is 7.75.